The van der Waals surface area contributed by atoms with Gasteiger partial charge < -0.3 is 11.1 Å². The number of carbonyl (C=O) groups is 1. The van der Waals surface area contributed by atoms with Crippen LogP contribution in [0.3, 0.4) is 0 Å². The molecule has 1 fully saturated rings. The molecule has 0 radical (unpaired) electrons. The van der Waals surface area contributed by atoms with Crippen molar-refractivity contribution in [2.24, 2.45) is 5.73 Å². The Kier molecular flexibility index (Phi) is 3.20. The van der Waals surface area contributed by atoms with E-state index in [1.807, 2.05) is 6.92 Å². The van der Waals surface area contributed by atoms with E-state index in [0.717, 1.165) is 30.7 Å². The van der Waals surface area contributed by atoms with E-state index in [0.29, 0.717) is 11.6 Å². The molecular formula is C10H16N4OS. The zero-order valence-corrected chi connectivity index (χ0v) is 10.1. The van der Waals surface area contributed by atoms with Gasteiger partial charge in [-0.1, -0.05) is 24.2 Å². The van der Waals surface area contributed by atoms with Crippen LogP contribution < -0.4 is 11.1 Å². The second-order valence-corrected chi connectivity index (χ2v) is 5.60. The Bertz CT molecular complexity index is 384. The quantitative estimate of drug-likeness (QED) is 0.837. The Hall–Kier alpha value is -1.01. The van der Waals surface area contributed by atoms with Gasteiger partial charge >= 0.3 is 0 Å². The van der Waals surface area contributed by atoms with Crippen molar-refractivity contribution in [1.29, 1.82) is 0 Å². The van der Waals surface area contributed by atoms with E-state index in [9.17, 15) is 4.79 Å². The molecule has 3 N–H and O–H groups in total. The second-order valence-electron chi connectivity index (χ2n) is 4.42. The SMILES string of the molecule is Cc1nnc(NC(=O)CC2(N)CCCC2)s1. The minimum atomic E-state index is -0.302. The molecule has 88 valence electrons. The van der Waals surface area contributed by atoms with Gasteiger partial charge in [0.15, 0.2) is 0 Å². The maximum Gasteiger partial charge on any atom is 0.228 e. The number of amides is 1. The molecule has 0 aliphatic heterocycles. The van der Waals surface area contributed by atoms with E-state index < -0.39 is 0 Å². The van der Waals surface area contributed by atoms with E-state index in [-0.39, 0.29) is 11.4 Å². The number of nitrogens with one attached hydrogen (secondary N) is 1. The molecule has 0 saturated heterocycles. The molecule has 2 rings (SSSR count). The van der Waals surface area contributed by atoms with Crippen molar-refractivity contribution in [3.8, 4) is 0 Å². The number of aromatic nitrogens is 2. The van der Waals surface area contributed by atoms with Crippen LogP contribution in [0, 0.1) is 6.92 Å². The van der Waals surface area contributed by atoms with Crippen LogP contribution in [0.2, 0.25) is 0 Å². The van der Waals surface area contributed by atoms with Gasteiger partial charge in [0.1, 0.15) is 5.01 Å². The lowest BCUT2D eigenvalue weighted by molar-refractivity contribution is -0.117. The fourth-order valence-electron chi connectivity index (χ4n) is 2.09. The van der Waals surface area contributed by atoms with Crippen LogP contribution in [0.4, 0.5) is 5.13 Å². The summed E-state index contributed by atoms with van der Waals surface area (Å²) in [6, 6.07) is 0. The topological polar surface area (TPSA) is 80.9 Å². The molecule has 1 aliphatic carbocycles. The predicted molar refractivity (Wildman–Crippen MR) is 63.3 cm³/mol. The molecule has 16 heavy (non-hydrogen) atoms. The highest BCUT2D eigenvalue weighted by Crippen LogP contribution is 2.30. The van der Waals surface area contributed by atoms with Crippen molar-refractivity contribution in [2.75, 3.05) is 5.32 Å². The average Bonchev–Trinajstić information content (AvgIpc) is 2.75. The van der Waals surface area contributed by atoms with E-state index in [1.54, 1.807) is 0 Å². The molecule has 1 heterocycles. The predicted octanol–water partition coefficient (Wildman–Crippen LogP) is 1.45. The Morgan fingerprint density at radius 2 is 2.19 bits per heavy atom. The summed E-state index contributed by atoms with van der Waals surface area (Å²) in [5.41, 5.74) is 5.82. The largest absolute Gasteiger partial charge is 0.325 e. The van der Waals surface area contributed by atoms with Crippen molar-refractivity contribution in [2.45, 2.75) is 44.6 Å². The molecule has 1 saturated carbocycles. The highest BCUT2D eigenvalue weighted by molar-refractivity contribution is 7.15. The number of nitrogens with two attached hydrogens (primary N) is 1. The normalized spacial score (nSPS) is 18.6. The minimum absolute atomic E-state index is 0.0550. The summed E-state index contributed by atoms with van der Waals surface area (Å²) in [7, 11) is 0. The molecule has 0 unspecified atom stereocenters. The Labute approximate surface area is 98.4 Å². The molecule has 6 heteroatoms. The number of hydrogen-bond acceptors (Lipinski definition) is 5. The Morgan fingerprint density at radius 3 is 2.75 bits per heavy atom. The van der Waals surface area contributed by atoms with Gasteiger partial charge in [-0.05, 0) is 19.8 Å². The summed E-state index contributed by atoms with van der Waals surface area (Å²) in [4.78, 5) is 11.7. The first-order valence-corrected chi connectivity index (χ1v) is 6.28. The van der Waals surface area contributed by atoms with Gasteiger partial charge in [0.25, 0.3) is 0 Å². The van der Waals surface area contributed by atoms with Crippen molar-refractivity contribution >= 4 is 22.4 Å². The molecule has 1 aromatic heterocycles. The summed E-state index contributed by atoms with van der Waals surface area (Å²) < 4.78 is 0. The zero-order chi connectivity index (χ0) is 11.6. The highest BCUT2D eigenvalue weighted by atomic mass is 32.1. The molecule has 0 atom stereocenters. The van der Waals surface area contributed by atoms with Gasteiger partial charge in [-0.2, -0.15) is 0 Å². The average molecular weight is 240 g/mol. The summed E-state index contributed by atoms with van der Waals surface area (Å²) >= 11 is 1.38. The van der Waals surface area contributed by atoms with Crippen LogP contribution in [0.25, 0.3) is 0 Å². The standard InChI is InChI=1S/C10H16N4OS/c1-7-13-14-9(16-7)12-8(15)6-10(11)4-2-3-5-10/h2-6,11H2,1H3,(H,12,14,15). The van der Waals surface area contributed by atoms with Crippen LogP contribution in [0.1, 0.15) is 37.1 Å². The van der Waals surface area contributed by atoms with Crippen LogP contribution in [0.5, 0.6) is 0 Å². The molecular weight excluding hydrogens is 224 g/mol. The van der Waals surface area contributed by atoms with Gasteiger partial charge in [0, 0.05) is 12.0 Å². The van der Waals surface area contributed by atoms with Gasteiger partial charge in [0.05, 0.1) is 0 Å². The second kappa shape index (κ2) is 4.47. The van der Waals surface area contributed by atoms with Gasteiger partial charge in [-0.25, -0.2) is 0 Å². The molecule has 0 aromatic carbocycles. The van der Waals surface area contributed by atoms with Crippen molar-refractivity contribution in [1.82, 2.24) is 10.2 Å². The minimum Gasteiger partial charge on any atom is -0.325 e. The Morgan fingerprint density at radius 1 is 1.50 bits per heavy atom. The van der Waals surface area contributed by atoms with Crippen LogP contribution in [-0.2, 0) is 4.79 Å². The van der Waals surface area contributed by atoms with Gasteiger partial charge in [-0.3, -0.25) is 4.79 Å². The van der Waals surface area contributed by atoms with Crippen LogP contribution >= 0.6 is 11.3 Å². The number of carbonyl (C=O) groups excluding carboxylic acids is 1. The molecule has 5 nitrogen and oxygen atoms in total. The monoisotopic (exact) mass is 240 g/mol. The molecule has 1 aliphatic rings. The van der Waals surface area contributed by atoms with Crippen molar-refractivity contribution < 1.29 is 4.79 Å². The lowest BCUT2D eigenvalue weighted by Crippen LogP contribution is -2.40. The molecule has 1 amide bonds. The molecule has 1 aromatic rings. The first-order chi connectivity index (χ1) is 7.57. The number of aryl methyl sites for hydroxylation is 1. The first kappa shape index (κ1) is 11.5. The van der Waals surface area contributed by atoms with Crippen LogP contribution in [0.15, 0.2) is 0 Å². The zero-order valence-electron chi connectivity index (χ0n) is 9.32. The Balaban J connectivity index is 1.89. The van der Waals surface area contributed by atoms with Crippen molar-refractivity contribution in [3.63, 3.8) is 0 Å². The third-order valence-electron chi connectivity index (χ3n) is 2.88. The molecule has 0 spiro atoms. The summed E-state index contributed by atoms with van der Waals surface area (Å²) in [6.45, 7) is 1.86. The number of rotatable bonds is 3. The van der Waals surface area contributed by atoms with Gasteiger partial charge in [0.2, 0.25) is 11.0 Å². The third kappa shape index (κ3) is 2.76. The fourth-order valence-corrected chi connectivity index (χ4v) is 2.69. The third-order valence-corrected chi connectivity index (χ3v) is 3.64. The van der Waals surface area contributed by atoms with E-state index in [4.69, 9.17) is 5.73 Å². The van der Waals surface area contributed by atoms with E-state index in [2.05, 4.69) is 15.5 Å². The number of hydrogen-bond donors (Lipinski definition) is 2. The highest BCUT2D eigenvalue weighted by Gasteiger charge is 2.31. The number of anilines is 1. The van der Waals surface area contributed by atoms with Gasteiger partial charge in [-0.15, -0.1) is 10.2 Å². The molecule has 0 bridgehead atoms. The lowest BCUT2D eigenvalue weighted by atomic mass is 9.94. The smallest absolute Gasteiger partial charge is 0.228 e. The van der Waals surface area contributed by atoms with E-state index >= 15 is 0 Å². The summed E-state index contributed by atoms with van der Waals surface area (Å²) in [5, 5.41) is 11.8. The number of nitrogens with zero attached hydrogens (tertiary/aromatic N) is 2. The maximum atomic E-state index is 11.7. The fraction of sp³-hybridized carbons (Fsp3) is 0.700. The first-order valence-electron chi connectivity index (χ1n) is 5.46. The maximum absolute atomic E-state index is 11.7. The summed E-state index contributed by atoms with van der Waals surface area (Å²) in [5.74, 6) is -0.0550. The lowest BCUT2D eigenvalue weighted by Gasteiger charge is -2.21. The van der Waals surface area contributed by atoms with Crippen LogP contribution in [-0.4, -0.2) is 21.6 Å². The van der Waals surface area contributed by atoms with Crippen molar-refractivity contribution in [3.05, 3.63) is 5.01 Å². The summed E-state index contributed by atoms with van der Waals surface area (Å²) in [6.07, 6.45) is 4.51. The van der Waals surface area contributed by atoms with E-state index in [1.165, 1.54) is 11.3 Å².